The van der Waals surface area contributed by atoms with E-state index in [2.05, 4.69) is 5.32 Å². The third kappa shape index (κ3) is 6.08. The molecule has 0 saturated carbocycles. The van der Waals surface area contributed by atoms with Gasteiger partial charge in [0.15, 0.2) is 0 Å². The lowest BCUT2D eigenvalue weighted by Gasteiger charge is -2.13. The number of methoxy groups -OCH3 is 1. The average molecular weight is 502 g/mol. The fourth-order valence-electron chi connectivity index (χ4n) is 3.74. The number of ether oxygens (including phenoxy) is 2. The molecule has 4 aromatic rings. The highest BCUT2D eigenvalue weighted by Gasteiger charge is 2.30. The third-order valence-corrected chi connectivity index (χ3v) is 5.60. The summed E-state index contributed by atoms with van der Waals surface area (Å²) in [5, 5.41) is 14.1. The molecule has 37 heavy (non-hydrogen) atoms. The van der Waals surface area contributed by atoms with Gasteiger partial charge in [0, 0.05) is 17.3 Å². The Labute approximate surface area is 211 Å². The predicted octanol–water partition coefficient (Wildman–Crippen LogP) is 6.99. The molecule has 4 rings (SSSR count). The van der Waals surface area contributed by atoms with E-state index in [-0.39, 0.29) is 17.9 Å². The van der Waals surface area contributed by atoms with E-state index in [0.717, 1.165) is 28.5 Å². The largest absolute Gasteiger partial charge is 0.497 e. The van der Waals surface area contributed by atoms with Gasteiger partial charge >= 0.3 is 6.18 Å². The van der Waals surface area contributed by atoms with Gasteiger partial charge in [0.2, 0.25) is 0 Å². The van der Waals surface area contributed by atoms with Gasteiger partial charge < -0.3 is 14.8 Å². The summed E-state index contributed by atoms with van der Waals surface area (Å²) in [5.41, 5.74) is 0.0724. The number of alkyl halides is 3. The monoisotopic (exact) mass is 502 g/mol. The molecule has 0 aliphatic heterocycles. The first-order valence-electron chi connectivity index (χ1n) is 11.2. The lowest BCUT2D eigenvalue weighted by molar-refractivity contribution is -0.137. The van der Waals surface area contributed by atoms with Crippen LogP contribution in [0.15, 0.2) is 90.5 Å². The number of anilines is 1. The highest BCUT2D eigenvalue weighted by Crippen LogP contribution is 2.31. The maximum absolute atomic E-state index is 13.0. The van der Waals surface area contributed by atoms with Crippen LogP contribution in [0.25, 0.3) is 16.8 Å². The van der Waals surface area contributed by atoms with E-state index in [9.17, 15) is 23.2 Å². The Balaban J connectivity index is 1.60. The molecule has 186 valence electrons. The zero-order chi connectivity index (χ0) is 26.4. The maximum Gasteiger partial charge on any atom is 0.416 e. The van der Waals surface area contributed by atoms with Crippen molar-refractivity contribution in [2.75, 3.05) is 12.4 Å². The molecule has 0 atom stereocenters. The van der Waals surface area contributed by atoms with Crippen LogP contribution in [0.1, 0.15) is 16.7 Å². The smallest absolute Gasteiger partial charge is 0.416 e. The molecule has 0 fully saturated rings. The first-order valence-corrected chi connectivity index (χ1v) is 11.2. The number of nitrogens with zero attached hydrogens (tertiary/aromatic N) is 1. The first-order chi connectivity index (χ1) is 17.8. The molecule has 0 bridgehead atoms. The predicted molar refractivity (Wildman–Crippen MR) is 135 cm³/mol. The summed E-state index contributed by atoms with van der Waals surface area (Å²) < 4.78 is 50.4. The minimum Gasteiger partial charge on any atom is -0.497 e. The van der Waals surface area contributed by atoms with Crippen molar-refractivity contribution in [3.63, 3.8) is 0 Å². The molecule has 0 aliphatic carbocycles. The number of nitrogens with one attached hydrogen (secondary N) is 1. The van der Waals surface area contributed by atoms with Gasteiger partial charge in [-0.05, 0) is 52.7 Å². The van der Waals surface area contributed by atoms with Crippen molar-refractivity contribution in [1.29, 1.82) is 5.26 Å². The van der Waals surface area contributed by atoms with E-state index < -0.39 is 17.6 Å². The molecule has 4 aromatic carbocycles. The van der Waals surface area contributed by atoms with Crippen LogP contribution >= 0.6 is 0 Å². The first kappa shape index (κ1) is 25.3. The van der Waals surface area contributed by atoms with Gasteiger partial charge in [0.05, 0.1) is 12.7 Å². The molecule has 0 spiro atoms. The number of nitriles is 1. The van der Waals surface area contributed by atoms with E-state index >= 15 is 0 Å². The van der Waals surface area contributed by atoms with Gasteiger partial charge in [0.1, 0.15) is 29.7 Å². The van der Waals surface area contributed by atoms with Crippen molar-refractivity contribution in [3.05, 3.63) is 107 Å². The molecule has 0 saturated heterocycles. The molecule has 0 aromatic heterocycles. The number of rotatable bonds is 7. The standard InChI is InChI=1S/C29H21F3N2O3/c1-36-25-13-12-20(27(16-25)37-18-21-8-4-7-19-6-2-3-11-26(19)21)14-22(17-33)28(35)34-24-10-5-9-23(15-24)29(30,31)32/h2-16H,18H2,1H3,(H,34,35)/b22-14+. The molecule has 0 radical (unpaired) electrons. The van der Waals surface area contributed by atoms with Crippen molar-refractivity contribution >= 4 is 28.4 Å². The summed E-state index contributed by atoms with van der Waals surface area (Å²) in [6, 6.07) is 24.7. The Morgan fingerprint density at radius 1 is 1.00 bits per heavy atom. The molecule has 0 unspecified atom stereocenters. The van der Waals surface area contributed by atoms with E-state index in [1.165, 1.54) is 25.3 Å². The number of fused-ring (bicyclic) bond motifs is 1. The molecule has 0 aliphatic rings. The number of amides is 1. The highest BCUT2D eigenvalue weighted by atomic mass is 19.4. The van der Waals surface area contributed by atoms with Crippen molar-refractivity contribution in [2.45, 2.75) is 12.8 Å². The Morgan fingerprint density at radius 3 is 2.51 bits per heavy atom. The average Bonchev–Trinajstić information content (AvgIpc) is 2.90. The zero-order valence-electron chi connectivity index (χ0n) is 19.7. The van der Waals surface area contributed by atoms with Crippen molar-refractivity contribution in [2.24, 2.45) is 0 Å². The van der Waals surface area contributed by atoms with E-state index in [1.807, 2.05) is 48.5 Å². The Hall–Kier alpha value is -4.77. The second-order valence-electron chi connectivity index (χ2n) is 8.03. The second-order valence-corrected chi connectivity index (χ2v) is 8.03. The topological polar surface area (TPSA) is 71.3 Å². The summed E-state index contributed by atoms with van der Waals surface area (Å²) in [6.45, 7) is 0.216. The van der Waals surface area contributed by atoms with Crippen LogP contribution in [0.4, 0.5) is 18.9 Å². The molecule has 1 amide bonds. The summed E-state index contributed by atoms with van der Waals surface area (Å²) in [7, 11) is 1.50. The minimum absolute atomic E-state index is 0.0804. The molecule has 1 N–H and O–H groups in total. The van der Waals surface area contributed by atoms with Crippen LogP contribution < -0.4 is 14.8 Å². The van der Waals surface area contributed by atoms with Crippen molar-refractivity contribution in [1.82, 2.24) is 0 Å². The number of halogens is 3. The van der Waals surface area contributed by atoms with Crippen LogP contribution in [-0.4, -0.2) is 13.0 Å². The lowest BCUT2D eigenvalue weighted by Crippen LogP contribution is -2.14. The number of carbonyl (C=O) groups is 1. The second kappa shape index (κ2) is 10.9. The SMILES string of the molecule is COc1ccc(/C=C(\C#N)C(=O)Nc2cccc(C(F)(F)F)c2)c(OCc2cccc3ccccc23)c1. The van der Waals surface area contributed by atoms with Crippen molar-refractivity contribution in [3.8, 4) is 17.6 Å². The van der Waals surface area contributed by atoms with E-state index in [1.54, 1.807) is 18.2 Å². The molecule has 0 heterocycles. The van der Waals surface area contributed by atoms with Gasteiger partial charge in [0.25, 0.3) is 5.91 Å². The lowest BCUT2D eigenvalue weighted by atomic mass is 10.1. The number of benzene rings is 4. The van der Waals surface area contributed by atoms with E-state index in [4.69, 9.17) is 9.47 Å². The van der Waals surface area contributed by atoms with Crippen LogP contribution in [0.2, 0.25) is 0 Å². The number of carbonyl (C=O) groups excluding carboxylic acids is 1. The third-order valence-electron chi connectivity index (χ3n) is 5.60. The van der Waals surface area contributed by atoms with Gasteiger partial charge in [-0.1, -0.05) is 48.5 Å². The normalized spacial score (nSPS) is 11.6. The molecule has 5 nitrogen and oxygen atoms in total. The van der Waals surface area contributed by atoms with Crippen molar-refractivity contribution < 1.29 is 27.4 Å². The van der Waals surface area contributed by atoms with Crippen LogP contribution in [0.3, 0.4) is 0 Å². The summed E-state index contributed by atoms with van der Waals surface area (Å²) >= 11 is 0. The van der Waals surface area contributed by atoms with Gasteiger partial charge in [-0.25, -0.2) is 0 Å². The van der Waals surface area contributed by atoms with Gasteiger partial charge in [-0.2, -0.15) is 18.4 Å². The fraction of sp³-hybridized carbons (Fsp3) is 0.103. The Kier molecular flexibility index (Phi) is 7.44. The zero-order valence-corrected chi connectivity index (χ0v) is 19.7. The van der Waals surface area contributed by atoms with Crippen LogP contribution in [-0.2, 0) is 17.6 Å². The number of hydrogen-bond donors (Lipinski definition) is 1. The molecular formula is C29H21F3N2O3. The maximum atomic E-state index is 13.0. The Bertz CT molecular complexity index is 1520. The summed E-state index contributed by atoms with van der Waals surface area (Å²) in [5.74, 6) is 0.0292. The van der Waals surface area contributed by atoms with Gasteiger partial charge in [-0.15, -0.1) is 0 Å². The quantitative estimate of drug-likeness (QED) is 0.218. The fourth-order valence-corrected chi connectivity index (χ4v) is 3.74. The highest BCUT2D eigenvalue weighted by molar-refractivity contribution is 6.09. The van der Waals surface area contributed by atoms with Crippen LogP contribution in [0.5, 0.6) is 11.5 Å². The number of hydrogen-bond acceptors (Lipinski definition) is 4. The summed E-state index contributed by atoms with van der Waals surface area (Å²) in [4.78, 5) is 12.7. The minimum atomic E-state index is -4.56. The molecule has 8 heteroatoms. The Morgan fingerprint density at radius 2 is 1.76 bits per heavy atom. The molecular weight excluding hydrogens is 481 g/mol. The van der Waals surface area contributed by atoms with Crippen LogP contribution in [0, 0.1) is 11.3 Å². The van der Waals surface area contributed by atoms with E-state index in [0.29, 0.717) is 17.1 Å². The summed E-state index contributed by atoms with van der Waals surface area (Å²) in [6.07, 6.45) is -3.24. The van der Waals surface area contributed by atoms with Gasteiger partial charge in [-0.3, -0.25) is 4.79 Å².